The molecule has 6 nitrogen and oxygen atoms in total. The predicted octanol–water partition coefficient (Wildman–Crippen LogP) is 1.74. The van der Waals surface area contributed by atoms with Gasteiger partial charge in [0.25, 0.3) is 0 Å². The van der Waals surface area contributed by atoms with Crippen molar-refractivity contribution >= 4 is 12.2 Å². The Labute approximate surface area is 160 Å². The van der Waals surface area contributed by atoms with Crippen molar-refractivity contribution in [3.63, 3.8) is 0 Å². The molecular weight excluding hydrogens is 348 g/mol. The van der Waals surface area contributed by atoms with E-state index in [1.165, 1.54) is 4.90 Å². The number of hydrogen-bond donors (Lipinski definition) is 2. The Morgan fingerprint density at radius 3 is 2.69 bits per heavy atom. The van der Waals surface area contributed by atoms with Crippen molar-refractivity contribution in [2.75, 3.05) is 20.2 Å². The monoisotopic (exact) mass is 377 g/mol. The maximum Gasteiger partial charge on any atom is 0.203 e. The van der Waals surface area contributed by atoms with Gasteiger partial charge in [-0.3, -0.25) is 4.57 Å². The van der Waals surface area contributed by atoms with Gasteiger partial charge in [0.2, 0.25) is 4.77 Å². The molecule has 1 unspecified atom stereocenters. The first-order valence-corrected chi connectivity index (χ1v) is 9.72. The molecule has 0 bridgehead atoms. The van der Waals surface area contributed by atoms with Crippen LogP contribution >= 0.6 is 12.2 Å². The second-order valence-electron chi connectivity index (χ2n) is 7.50. The van der Waals surface area contributed by atoms with Gasteiger partial charge in [0.1, 0.15) is 18.4 Å². The average molecular weight is 378 g/mol. The minimum atomic E-state index is -0.216. The van der Waals surface area contributed by atoms with E-state index < -0.39 is 0 Å². The standard InChI is InChI=1S/C19H28N4O2S/c1-14(2)11-22-18(15-6-8-17(25-3)9-7-15)20-23(19(22)26)13-21-10-4-5-16(24)12-21/h6-9,14,16,24H,4-5,10-13H2,1-3H3/p+1/t16-/m1/s1. The molecule has 3 rings (SSSR count). The summed E-state index contributed by atoms with van der Waals surface area (Å²) in [6.07, 6.45) is 1.72. The van der Waals surface area contributed by atoms with Crippen LogP contribution in [0.5, 0.6) is 5.75 Å². The van der Waals surface area contributed by atoms with Crippen LogP contribution in [0.2, 0.25) is 0 Å². The Hall–Kier alpha value is -1.70. The Bertz CT molecular complexity index is 782. The molecule has 0 saturated carbocycles. The van der Waals surface area contributed by atoms with Gasteiger partial charge in [0.05, 0.1) is 13.7 Å². The highest BCUT2D eigenvalue weighted by Crippen LogP contribution is 2.22. The van der Waals surface area contributed by atoms with Crippen LogP contribution in [-0.2, 0) is 13.2 Å². The van der Waals surface area contributed by atoms with Gasteiger partial charge in [-0.1, -0.05) is 13.8 Å². The first-order valence-electron chi connectivity index (χ1n) is 9.31. The van der Waals surface area contributed by atoms with Gasteiger partial charge >= 0.3 is 0 Å². The lowest BCUT2D eigenvalue weighted by atomic mass is 10.1. The fourth-order valence-corrected chi connectivity index (χ4v) is 3.77. The third-order valence-corrected chi connectivity index (χ3v) is 5.22. The van der Waals surface area contributed by atoms with Gasteiger partial charge in [-0.2, -0.15) is 4.68 Å². The van der Waals surface area contributed by atoms with E-state index >= 15 is 0 Å². The van der Waals surface area contributed by atoms with Crippen molar-refractivity contribution in [1.29, 1.82) is 0 Å². The lowest BCUT2D eigenvalue weighted by molar-refractivity contribution is -0.931. The summed E-state index contributed by atoms with van der Waals surface area (Å²) in [4.78, 5) is 1.33. The molecule has 1 aliphatic rings. The molecular formula is C19H29N4O2S+. The van der Waals surface area contributed by atoms with Crippen LogP contribution in [0, 0.1) is 10.7 Å². The lowest BCUT2D eigenvalue weighted by Gasteiger charge is -2.26. The molecule has 26 heavy (non-hydrogen) atoms. The zero-order chi connectivity index (χ0) is 18.7. The summed E-state index contributed by atoms with van der Waals surface area (Å²) in [5.74, 6) is 2.19. The number of hydrogen-bond acceptors (Lipinski definition) is 4. The van der Waals surface area contributed by atoms with Crippen LogP contribution in [0.4, 0.5) is 0 Å². The third-order valence-electron chi connectivity index (χ3n) is 4.78. The van der Waals surface area contributed by atoms with E-state index in [1.807, 2.05) is 28.9 Å². The van der Waals surface area contributed by atoms with Crippen molar-refractivity contribution in [3.8, 4) is 17.1 Å². The fraction of sp³-hybridized carbons (Fsp3) is 0.579. The smallest absolute Gasteiger partial charge is 0.203 e. The summed E-state index contributed by atoms with van der Waals surface area (Å²) in [5.41, 5.74) is 1.03. The number of piperidine rings is 1. The number of nitrogens with one attached hydrogen (secondary N) is 1. The van der Waals surface area contributed by atoms with Crippen LogP contribution in [-0.4, -0.2) is 45.8 Å². The summed E-state index contributed by atoms with van der Waals surface area (Å²) in [5, 5.41) is 14.8. The number of aromatic nitrogens is 3. The molecule has 2 atom stereocenters. The molecule has 0 amide bonds. The van der Waals surface area contributed by atoms with E-state index in [2.05, 4.69) is 18.4 Å². The molecule has 1 fully saturated rings. The van der Waals surface area contributed by atoms with E-state index in [-0.39, 0.29) is 6.10 Å². The van der Waals surface area contributed by atoms with Gasteiger partial charge in [0, 0.05) is 12.1 Å². The lowest BCUT2D eigenvalue weighted by Crippen LogP contribution is -3.13. The number of aliphatic hydroxyl groups is 1. The van der Waals surface area contributed by atoms with Crippen molar-refractivity contribution in [2.45, 2.75) is 46.0 Å². The maximum absolute atomic E-state index is 9.94. The van der Waals surface area contributed by atoms with Gasteiger partial charge < -0.3 is 14.7 Å². The van der Waals surface area contributed by atoms with E-state index in [0.29, 0.717) is 12.6 Å². The number of benzene rings is 1. The Kier molecular flexibility index (Phi) is 6.11. The molecule has 1 aromatic carbocycles. The number of methoxy groups -OCH3 is 1. The van der Waals surface area contributed by atoms with Gasteiger partial charge in [0.15, 0.2) is 12.5 Å². The van der Waals surface area contributed by atoms with Crippen molar-refractivity contribution < 1.29 is 14.7 Å². The fourth-order valence-electron chi connectivity index (χ4n) is 3.51. The van der Waals surface area contributed by atoms with E-state index in [1.54, 1.807) is 7.11 Å². The second kappa shape index (κ2) is 8.33. The van der Waals surface area contributed by atoms with Crippen LogP contribution in [0.15, 0.2) is 24.3 Å². The number of ether oxygens (including phenoxy) is 1. The molecule has 0 spiro atoms. The molecule has 1 aromatic heterocycles. The third kappa shape index (κ3) is 4.34. The molecule has 0 aliphatic carbocycles. The minimum Gasteiger partial charge on any atom is -0.497 e. The Morgan fingerprint density at radius 1 is 1.35 bits per heavy atom. The van der Waals surface area contributed by atoms with E-state index in [9.17, 15) is 5.11 Å². The average Bonchev–Trinajstić information content (AvgIpc) is 2.91. The first-order chi connectivity index (χ1) is 12.5. The molecule has 7 heteroatoms. The van der Waals surface area contributed by atoms with E-state index in [4.69, 9.17) is 22.1 Å². The molecule has 142 valence electrons. The highest BCUT2D eigenvalue weighted by atomic mass is 32.1. The number of rotatable bonds is 6. The molecule has 1 saturated heterocycles. The highest BCUT2D eigenvalue weighted by Gasteiger charge is 2.23. The molecule has 2 aromatic rings. The zero-order valence-electron chi connectivity index (χ0n) is 15.8. The zero-order valence-corrected chi connectivity index (χ0v) is 16.6. The SMILES string of the molecule is COc1ccc(-c2nn(C[NH+]3CCC[C@@H](O)C3)c(=S)n2CC(C)C)cc1. The molecule has 2 N–H and O–H groups in total. The second-order valence-corrected chi connectivity index (χ2v) is 7.86. The molecule has 1 aliphatic heterocycles. The van der Waals surface area contributed by atoms with Gasteiger partial charge in [-0.25, -0.2) is 0 Å². The highest BCUT2D eigenvalue weighted by molar-refractivity contribution is 7.71. The van der Waals surface area contributed by atoms with Crippen LogP contribution < -0.4 is 9.64 Å². The van der Waals surface area contributed by atoms with Crippen molar-refractivity contribution in [2.24, 2.45) is 5.92 Å². The quantitative estimate of drug-likeness (QED) is 0.753. The Morgan fingerprint density at radius 2 is 2.08 bits per heavy atom. The number of aliphatic hydroxyl groups excluding tert-OH is 1. The summed E-state index contributed by atoms with van der Waals surface area (Å²) in [6.45, 7) is 7.71. The number of nitrogens with zero attached hydrogens (tertiary/aromatic N) is 3. The van der Waals surface area contributed by atoms with Crippen LogP contribution in [0.3, 0.4) is 0 Å². The minimum absolute atomic E-state index is 0.216. The van der Waals surface area contributed by atoms with Crippen LogP contribution in [0.25, 0.3) is 11.4 Å². The summed E-state index contributed by atoms with van der Waals surface area (Å²) in [7, 11) is 1.67. The number of quaternary nitrogens is 1. The summed E-state index contributed by atoms with van der Waals surface area (Å²) < 4.78 is 10.1. The van der Waals surface area contributed by atoms with Crippen LogP contribution in [0.1, 0.15) is 26.7 Å². The number of likely N-dealkylation sites (tertiary alicyclic amines) is 1. The summed E-state index contributed by atoms with van der Waals surface area (Å²) >= 11 is 5.74. The summed E-state index contributed by atoms with van der Waals surface area (Å²) in [6, 6.07) is 7.94. The Balaban J connectivity index is 1.93. The van der Waals surface area contributed by atoms with Crippen molar-refractivity contribution in [3.05, 3.63) is 29.0 Å². The largest absolute Gasteiger partial charge is 0.497 e. The van der Waals surface area contributed by atoms with Crippen molar-refractivity contribution in [1.82, 2.24) is 14.3 Å². The van der Waals surface area contributed by atoms with Gasteiger partial charge in [-0.05, 0) is 55.2 Å². The maximum atomic E-state index is 9.94. The normalized spacial score (nSPS) is 20.5. The molecule has 2 heterocycles. The first kappa shape index (κ1) is 19.1. The van der Waals surface area contributed by atoms with E-state index in [0.717, 1.165) is 54.4 Å². The molecule has 0 radical (unpaired) electrons. The van der Waals surface area contributed by atoms with Gasteiger partial charge in [-0.15, -0.1) is 5.10 Å². The topological polar surface area (TPSA) is 56.6 Å². The predicted molar refractivity (Wildman–Crippen MR) is 104 cm³/mol.